The number of aromatic hydroxyl groups is 3. The second-order valence-electron chi connectivity index (χ2n) is 6.68. The lowest BCUT2D eigenvalue weighted by molar-refractivity contribution is 0.0842. The SMILES string of the molecule is COc1cc(O)c2c(c1CC=C(C)CO)OC(c1ccc(O)c(O)c1)CC2=O. The highest BCUT2D eigenvalue weighted by molar-refractivity contribution is 6.03. The first-order valence-electron chi connectivity index (χ1n) is 8.76. The molecule has 0 aromatic heterocycles. The number of ether oxygens (including phenoxy) is 2. The third kappa shape index (κ3) is 3.61. The maximum absolute atomic E-state index is 12.7. The van der Waals surface area contributed by atoms with E-state index in [1.807, 2.05) is 0 Å². The lowest BCUT2D eigenvalue weighted by Crippen LogP contribution is -2.22. The van der Waals surface area contributed by atoms with Crippen LogP contribution in [-0.2, 0) is 6.42 Å². The van der Waals surface area contributed by atoms with E-state index in [0.29, 0.717) is 23.3 Å². The van der Waals surface area contributed by atoms with Crippen LogP contribution >= 0.6 is 0 Å². The molecule has 28 heavy (non-hydrogen) atoms. The highest BCUT2D eigenvalue weighted by atomic mass is 16.5. The zero-order valence-electron chi connectivity index (χ0n) is 15.6. The van der Waals surface area contributed by atoms with E-state index >= 15 is 0 Å². The Bertz CT molecular complexity index is 946. The van der Waals surface area contributed by atoms with Gasteiger partial charge in [0.1, 0.15) is 28.9 Å². The number of carbonyl (C=O) groups is 1. The molecule has 3 rings (SSSR count). The summed E-state index contributed by atoms with van der Waals surface area (Å²) in [6, 6.07) is 5.61. The van der Waals surface area contributed by atoms with Gasteiger partial charge in [0.2, 0.25) is 0 Å². The fourth-order valence-corrected chi connectivity index (χ4v) is 3.16. The van der Waals surface area contributed by atoms with Crippen LogP contribution in [-0.4, -0.2) is 39.9 Å². The lowest BCUT2D eigenvalue weighted by Gasteiger charge is -2.29. The molecule has 1 heterocycles. The minimum absolute atomic E-state index is 0.0257. The molecule has 1 aliphatic heterocycles. The molecule has 1 aliphatic rings. The van der Waals surface area contributed by atoms with E-state index < -0.39 is 6.10 Å². The van der Waals surface area contributed by atoms with Crippen LogP contribution in [0.15, 0.2) is 35.9 Å². The summed E-state index contributed by atoms with van der Waals surface area (Å²) in [6.45, 7) is 1.67. The molecule has 0 spiro atoms. The van der Waals surface area contributed by atoms with Gasteiger partial charge in [0, 0.05) is 11.6 Å². The van der Waals surface area contributed by atoms with E-state index in [1.54, 1.807) is 19.1 Å². The number of phenolic OH excluding ortho intramolecular Hbond substituents is 3. The number of hydrogen-bond donors (Lipinski definition) is 4. The van der Waals surface area contributed by atoms with Gasteiger partial charge < -0.3 is 29.9 Å². The molecule has 1 unspecified atom stereocenters. The van der Waals surface area contributed by atoms with Crippen LogP contribution in [0.2, 0.25) is 0 Å². The number of phenols is 3. The van der Waals surface area contributed by atoms with Crippen LogP contribution in [0.5, 0.6) is 28.7 Å². The number of methoxy groups -OCH3 is 1. The summed E-state index contributed by atoms with van der Waals surface area (Å²) < 4.78 is 11.4. The second-order valence-corrected chi connectivity index (χ2v) is 6.68. The first kappa shape index (κ1) is 19.6. The van der Waals surface area contributed by atoms with Gasteiger partial charge >= 0.3 is 0 Å². The minimum atomic E-state index is -0.695. The zero-order chi connectivity index (χ0) is 20.4. The molecular formula is C21H22O7. The van der Waals surface area contributed by atoms with Crippen molar-refractivity contribution >= 4 is 5.78 Å². The number of benzene rings is 2. The van der Waals surface area contributed by atoms with E-state index in [2.05, 4.69) is 0 Å². The predicted octanol–water partition coefficient (Wildman–Crippen LogP) is 3.00. The highest BCUT2D eigenvalue weighted by Crippen LogP contribution is 2.46. The number of rotatable bonds is 5. The summed E-state index contributed by atoms with van der Waals surface area (Å²) in [4.78, 5) is 12.7. The maximum Gasteiger partial charge on any atom is 0.174 e. The Morgan fingerprint density at radius 3 is 2.61 bits per heavy atom. The summed E-state index contributed by atoms with van der Waals surface area (Å²) in [5, 5.41) is 38.8. The number of allylic oxidation sites excluding steroid dienone is 1. The van der Waals surface area contributed by atoms with Crippen LogP contribution in [0.4, 0.5) is 0 Å². The molecular weight excluding hydrogens is 364 g/mol. The van der Waals surface area contributed by atoms with Crippen molar-refractivity contribution in [1.82, 2.24) is 0 Å². The Morgan fingerprint density at radius 1 is 1.21 bits per heavy atom. The van der Waals surface area contributed by atoms with Crippen molar-refractivity contribution in [2.45, 2.75) is 25.9 Å². The quantitative estimate of drug-likeness (QED) is 0.461. The molecule has 7 nitrogen and oxygen atoms in total. The van der Waals surface area contributed by atoms with Crippen molar-refractivity contribution in [3.8, 4) is 28.7 Å². The van der Waals surface area contributed by atoms with E-state index in [1.165, 1.54) is 25.3 Å². The van der Waals surface area contributed by atoms with Gasteiger partial charge in [0.05, 0.1) is 20.1 Å². The van der Waals surface area contributed by atoms with Crippen molar-refractivity contribution in [2.24, 2.45) is 0 Å². The first-order valence-corrected chi connectivity index (χ1v) is 8.76. The van der Waals surface area contributed by atoms with Gasteiger partial charge in [-0.2, -0.15) is 0 Å². The van der Waals surface area contributed by atoms with Crippen LogP contribution in [0.3, 0.4) is 0 Å². The van der Waals surface area contributed by atoms with Crippen LogP contribution < -0.4 is 9.47 Å². The number of hydrogen-bond acceptors (Lipinski definition) is 7. The summed E-state index contributed by atoms with van der Waals surface area (Å²) in [7, 11) is 1.45. The van der Waals surface area contributed by atoms with Crippen LogP contribution in [0.25, 0.3) is 0 Å². The van der Waals surface area contributed by atoms with Crippen molar-refractivity contribution in [3.05, 3.63) is 52.6 Å². The Labute approximate surface area is 162 Å². The first-order chi connectivity index (χ1) is 13.3. The molecule has 0 saturated heterocycles. The number of carbonyl (C=O) groups excluding carboxylic acids is 1. The molecule has 148 valence electrons. The average molecular weight is 386 g/mol. The van der Waals surface area contributed by atoms with Gasteiger partial charge in [0.15, 0.2) is 17.3 Å². The van der Waals surface area contributed by atoms with Crippen molar-refractivity contribution in [3.63, 3.8) is 0 Å². The Kier molecular flexibility index (Phi) is 5.46. The van der Waals surface area contributed by atoms with Crippen LogP contribution in [0, 0.1) is 0 Å². The lowest BCUT2D eigenvalue weighted by atomic mass is 9.92. The minimum Gasteiger partial charge on any atom is -0.507 e. The van der Waals surface area contributed by atoms with E-state index in [9.17, 15) is 25.2 Å². The largest absolute Gasteiger partial charge is 0.507 e. The molecule has 0 amide bonds. The normalized spacial score (nSPS) is 16.5. The van der Waals surface area contributed by atoms with E-state index in [0.717, 1.165) is 5.57 Å². The molecule has 0 bridgehead atoms. The molecule has 4 N–H and O–H groups in total. The Morgan fingerprint density at radius 2 is 1.96 bits per heavy atom. The molecule has 7 heteroatoms. The number of ketones is 1. The summed E-state index contributed by atoms with van der Waals surface area (Å²) in [5.74, 6) is -0.531. The Balaban J connectivity index is 2.09. The topological polar surface area (TPSA) is 116 Å². The number of aliphatic hydroxyl groups is 1. The van der Waals surface area contributed by atoms with Gasteiger partial charge in [-0.1, -0.05) is 17.7 Å². The molecule has 0 fully saturated rings. The standard InChI is InChI=1S/C21H22O7/c1-11(10-22)3-5-13-19(27-2)9-17(26)20-16(25)8-18(28-21(13)20)12-4-6-14(23)15(24)7-12/h3-4,6-7,9,18,22-24,26H,5,8,10H2,1-2H3. The van der Waals surface area contributed by atoms with E-state index in [4.69, 9.17) is 9.47 Å². The van der Waals surface area contributed by atoms with Crippen molar-refractivity contribution in [1.29, 1.82) is 0 Å². The highest BCUT2D eigenvalue weighted by Gasteiger charge is 2.34. The van der Waals surface area contributed by atoms with Crippen molar-refractivity contribution < 1.29 is 34.7 Å². The van der Waals surface area contributed by atoms with Gasteiger partial charge in [-0.25, -0.2) is 0 Å². The van der Waals surface area contributed by atoms with E-state index in [-0.39, 0.29) is 47.4 Å². The Hall–Kier alpha value is -3.19. The average Bonchev–Trinajstić information content (AvgIpc) is 2.68. The van der Waals surface area contributed by atoms with Gasteiger partial charge in [-0.3, -0.25) is 4.79 Å². The molecule has 0 aliphatic carbocycles. The number of aliphatic hydroxyl groups excluding tert-OH is 1. The fraction of sp³-hybridized carbons (Fsp3) is 0.286. The zero-order valence-corrected chi connectivity index (χ0v) is 15.6. The molecule has 0 radical (unpaired) electrons. The molecule has 0 saturated carbocycles. The van der Waals surface area contributed by atoms with Gasteiger partial charge in [-0.15, -0.1) is 0 Å². The fourth-order valence-electron chi connectivity index (χ4n) is 3.16. The second kappa shape index (κ2) is 7.82. The number of Topliss-reactive ketones (excluding diaryl/α,β-unsaturated/α-hetero) is 1. The molecule has 2 aromatic carbocycles. The predicted molar refractivity (Wildman–Crippen MR) is 101 cm³/mol. The van der Waals surface area contributed by atoms with Gasteiger partial charge in [-0.05, 0) is 31.0 Å². The van der Waals surface area contributed by atoms with Crippen molar-refractivity contribution in [2.75, 3.05) is 13.7 Å². The molecule has 1 atom stereocenters. The monoisotopic (exact) mass is 386 g/mol. The third-order valence-corrected chi connectivity index (χ3v) is 4.73. The molecule has 2 aromatic rings. The summed E-state index contributed by atoms with van der Waals surface area (Å²) in [5.41, 5.74) is 1.92. The van der Waals surface area contributed by atoms with Crippen LogP contribution in [0.1, 0.15) is 40.9 Å². The maximum atomic E-state index is 12.7. The summed E-state index contributed by atoms with van der Waals surface area (Å²) in [6.07, 6.45) is 1.40. The van der Waals surface area contributed by atoms with Gasteiger partial charge in [0.25, 0.3) is 0 Å². The third-order valence-electron chi connectivity index (χ3n) is 4.73. The smallest absolute Gasteiger partial charge is 0.174 e. The number of fused-ring (bicyclic) bond motifs is 1. The summed E-state index contributed by atoms with van der Waals surface area (Å²) >= 11 is 0.